The van der Waals surface area contributed by atoms with Crippen molar-refractivity contribution in [2.45, 2.75) is 12.8 Å². The molecular weight excluding hydrogens is 446 g/mol. The molecule has 0 aliphatic carbocycles. The highest BCUT2D eigenvalue weighted by Crippen LogP contribution is 2.25. The first kappa shape index (κ1) is 21.8. The van der Waals surface area contributed by atoms with Crippen LogP contribution in [-0.4, -0.2) is 16.8 Å². The van der Waals surface area contributed by atoms with Crippen molar-refractivity contribution < 1.29 is 27.1 Å². The van der Waals surface area contributed by atoms with Gasteiger partial charge in [-0.2, -0.15) is 0 Å². The number of halogens is 5. The Bertz CT molecular complexity index is 1120. The average Bonchev–Trinajstić information content (AvgIpc) is 2.98. The number of nitrogens with zero attached hydrogens (tertiary/aromatic N) is 2. The van der Waals surface area contributed by atoms with Crippen LogP contribution in [0.4, 0.5) is 28.9 Å². The summed E-state index contributed by atoms with van der Waals surface area (Å²) in [6, 6.07) is 8.78. The molecule has 11 heteroatoms. The largest absolute Gasteiger partial charge is 0.573 e. The number of amides is 1. The number of nitrogens with one attached hydrogen (secondary N) is 1. The van der Waals surface area contributed by atoms with Crippen LogP contribution in [0.3, 0.4) is 0 Å². The zero-order valence-corrected chi connectivity index (χ0v) is 16.9. The van der Waals surface area contributed by atoms with Gasteiger partial charge in [0.25, 0.3) is 0 Å². The van der Waals surface area contributed by atoms with E-state index < -0.39 is 12.2 Å². The van der Waals surface area contributed by atoms with E-state index in [1.54, 1.807) is 17.0 Å². The van der Waals surface area contributed by atoms with Crippen LogP contribution in [0.25, 0.3) is 0 Å². The van der Waals surface area contributed by atoms with Crippen molar-refractivity contribution in [1.82, 2.24) is 4.57 Å². The predicted octanol–water partition coefficient (Wildman–Crippen LogP) is 5.19. The third-order valence-electron chi connectivity index (χ3n) is 3.86. The number of hydrogen-bond acceptors (Lipinski definition) is 4. The minimum atomic E-state index is -4.76. The average molecular weight is 460 g/mol. The number of rotatable bonds is 5. The first-order valence-electron chi connectivity index (χ1n) is 8.39. The van der Waals surface area contributed by atoms with Crippen molar-refractivity contribution in [2.75, 3.05) is 5.32 Å². The number of ether oxygens (including phenoxy) is 1. The lowest BCUT2D eigenvalue weighted by atomic mass is 10.2. The van der Waals surface area contributed by atoms with Crippen molar-refractivity contribution >= 4 is 40.2 Å². The molecule has 0 bridgehead atoms. The molecule has 3 rings (SSSR count). The number of thiazole rings is 1. The Hall–Kier alpha value is -2.85. The van der Waals surface area contributed by atoms with Gasteiger partial charge in [0.15, 0.2) is 4.80 Å². The van der Waals surface area contributed by atoms with E-state index in [2.05, 4.69) is 15.0 Å². The van der Waals surface area contributed by atoms with E-state index in [4.69, 9.17) is 11.6 Å². The fraction of sp³-hybridized carbons (Fsp3) is 0.158. The second-order valence-corrected chi connectivity index (χ2v) is 7.32. The summed E-state index contributed by atoms with van der Waals surface area (Å²) in [6.45, 7) is 0. The summed E-state index contributed by atoms with van der Waals surface area (Å²) in [5.74, 6) is -1.20. The Labute approximate surface area is 177 Å². The van der Waals surface area contributed by atoms with E-state index in [-0.39, 0.29) is 23.1 Å². The van der Waals surface area contributed by atoms with Crippen LogP contribution >= 0.6 is 22.9 Å². The van der Waals surface area contributed by atoms with Gasteiger partial charge in [0.05, 0.1) is 22.8 Å². The summed E-state index contributed by atoms with van der Waals surface area (Å²) in [4.78, 5) is 17.2. The van der Waals surface area contributed by atoms with Crippen LogP contribution in [0.15, 0.2) is 52.8 Å². The SMILES string of the molecule is Cn1c(CC(=O)Nc2ccc(F)cc2Cl)csc1=Nc1ccc(OC(F)(F)F)cc1. The van der Waals surface area contributed by atoms with Crippen LogP contribution in [0.2, 0.25) is 5.02 Å². The van der Waals surface area contributed by atoms with Gasteiger partial charge in [-0.05, 0) is 42.5 Å². The van der Waals surface area contributed by atoms with Gasteiger partial charge < -0.3 is 14.6 Å². The number of alkyl halides is 3. The van der Waals surface area contributed by atoms with E-state index in [1.807, 2.05) is 0 Å². The maximum absolute atomic E-state index is 13.1. The van der Waals surface area contributed by atoms with Gasteiger partial charge in [-0.3, -0.25) is 4.79 Å². The van der Waals surface area contributed by atoms with Gasteiger partial charge in [0, 0.05) is 18.1 Å². The summed E-state index contributed by atoms with van der Waals surface area (Å²) in [6.07, 6.45) is -4.74. The van der Waals surface area contributed by atoms with E-state index in [1.165, 1.54) is 47.7 Å². The van der Waals surface area contributed by atoms with Crippen LogP contribution in [0.5, 0.6) is 5.75 Å². The molecule has 0 aliphatic heterocycles. The highest BCUT2D eigenvalue weighted by atomic mass is 35.5. The molecular formula is C19H14ClF4N3O2S. The molecule has 1 N–H and O–H groups in total. The second kappa shape index (κ2) is 8.88. The molecule has 1 heterocycles. The van der Waals surface area contributed by atoms with Gasteiger partial charge in [-0.25, -0.2) is 9.38 Å². The van der Waals surface area contributed by atoms with Crippen molar-refractivity contribution in [1.29, 1.82) is 0 Å². The van der Waals surface area contributed by atoms with Crippen molar-refractivity contribution in [3.8, 4) is 5.75 Å². The molecule has 0 spiro atoms. The number of carbonyl (C=O) groups excluding carboxylic acids is 1. The third kappa shape index (κ3) is 5.83. The lowest BCUT2D eigenvalue weighted by Crippen LogP contribution is -2.19. The van der Waals surface area contributed by atoms with Gasteiger partial charge >= 0.3 is 6.36 Å². The fourth-order valence-corrected chi connectivity index (χ4v) is 3.58. The van der Waals surface area contributed by atoms with Gasteiger partial charge in [0.1, 0.15) is 11.6 Å². The van der Waals surface area contributed by atoms with E-state index >= 15 is 0 Å². The van der Waals surface area contributed by atoms with E-state index in [0.717, 1.165) is 6.07 Å². The molecule has 0 aliphatic rings. The zero-order valence-electron chi connectivity index (χ0n) is 15.3. The first-order valence-corrected chi connectivity index (χ1v) is 9.65. The molecule has 0 radical (unpaired) electrons. The van der Waals surface area contributed by atoms with E-state index in [0.29, 0.717) is 21.9 Å². The number of hydrogen-bond donors (Lipinski definition) is 1. The Kier molecular flexibility index (Phi) is 6.47. The fourth-order valence-electron chi connectivity index (χ4n) is 2.45. The van der Waals surface area contributed by atoms with Gasteiger partial charge in [0.2, 0.25) is 5.91 Å². The lowest BCUT2D eigenvalue weighted by molar-refractivity contribution is -0.274. The molecule has 0 unspecified atom stereocenters. The maximum atomic E-state index is 13.1. The quantitative estimate of drug-likeness (QED) is 0.534. The Morgan fingerprint density at radius 1 is 1.23 bits per heavy atom. The highest BCUT2D eigenvalue weighted by molar-refractivity contribution is 7.07. The lowest BCUT2D eigenvalue weighted by Gasteiger charge is -2.08. The molecule has 0 saturated carbocycles. The standard InChI is InChI=1S/C19H14ClF4N3O2S/c1-27-13(9-17(28)26-16-7-2-11(21)8-15(16)20)10-30-18(27)25-12-3-5-14(6-4-12)29-19(22,23)24/h2-8,10H,9H2,1H3,(H,26,28). The molecule has 0 saturated heterocycles. The van der Waals surface area contributed by atoms with Gasteiger partial charge in [-0.1, -0.05) is 11.6 Å². The Morgan fingerprint density at radius 3 is 2.57 bits per heavy atom. The number of carbonyl (C=O) groups is 1. The third-order valence-corrected chi connectivity index (χ3v) is 5.14. The molecule has 158 valence electrons. The minimum Gasteiger partial charge on any atom is -0.406 e. The first-order chi connectivity index (χ1) is 14.1. The minimum absolute atomic E-state index is 0.0224. The Balaban J connectivity index is 1.71. The van der Waals surface area contributed by atoms with Gasteiger partial charge in [-0.15, -0.1) is 24.5 Å². The monoisotopic (exact) mass is 459 g/mol. The molecule has 1 amide bonds. The summed E-state index contributed by atoms with van der Waals surface area (Å²) in [5.41, 5.74) is 1.38. The summed E-state index contributed by atoms with van der Waals surface area (Å²) < 4.78 is 55.3. The summed E-state index contributed by atoms with van der Waals surface area (Å²) >= 11 is 7.17. The second-order valence-electron chi connectivity index (χ2n) is 6.07. The highest BCUT2D eigenvalue weighted by Gasteiger charge is 2.30. The molecule has 2 aromatic carbocycles. The molecule has 0 atom stereocenters. The van der Waals surface area contributed by atoms with Crippen LogP contribution in [0, 0.1) is 5.82 Å². The molecule has 3 aromatic rings. The maximum Gasteiger partial charge on any atom is 0.573 e. The molecule has 30 heavy (non-hydrogen) atoms. The van der Waals surface area contributed by atoms with Crippen molar-refractivity contribution in [3.63, 3.8) is 0 Å². The molecule has 5 nitrogen and oxygen atoms in total. The van der Waals surface area contributed by atoms with Crippen LogP contribution < -0.4 is 14.9 Å². The smallest absolute Gasteiger partial charge is 0.406 e. The molecule has 1 aromatic heterocycles. The summed E-state index contributed by atoms with van der Waals surface area (Å²) in [5, 5.41) is 4.45. The summed E-state index contributed by atoms with van der Waals surface area (Å²) in [7, 11) is 1.71. The predicted molar refractivity (Wildman–Crippen MR) is 105 cm³/mol. The Morgan fingerprint density at radius 2 is 1.93 bits per heavy atom. The van der Waals surface area contributed by atoms with Crippen LogP contribution in [-0.2, 0) is 18.3 Å². The van der Waals surface area contributed by atoms with E-state index in [9.17, 15) is 22.4 Å². The van der Waals surface area contributed by atoms with Crippen molar-refractivity contribution in [3.05, 3.63) is 69.2 Å². The topological polar surface area (TPSA) is 55.6 Å². The zero-order chi connectivity index (χ0) is 21.9. The number of benzene rings is 2. The van der Waals surface area contributed by atoms with Crippen LogP contribution in [0.1, 0.15) is 5.69 Å². The van der Waals surface area contributed by atoms with Crippen molar-refractivity contribution in [2.24, 2.45) is 12.0 Å². The molecule has 0 fully saturated rings. The number of aromatic nitrogens is 1. The normalized spacial score (nSPS) is 12.1. The number of anilines is 1.